The van der Waals surface area contributed by atoms with Gasteiger partial charge in [0, 0.05) is 50.6 Å². The largest absolute Gasteiger partial charge is 0.313 e. The molecule has 7 aromatic rings. The van der Waals surface area contributed by atoms with E-state index in [9.17, 15) is 10.5 Å². The Morgan fingerprint density at radius 2 is 1.36 bits per heavy atom. The number of benzene rings is 4. The fraction of sp³-hybridized carbons (Fsp3) is 0.0541. The molecule has 3 aromatic heterocycles. The molecule has 0 bridgehead atoms. The van der Waals surface area contributed by atoms with Crippen LogP contribution < -0.4 is 0 Å². The summed E-state index contributed by atoms with van der Waals surface area (Å²) in [4.78, 5) is 4.75. The number of allylic oxidation sites excluding steroid dienone is 1. The Kier molecular flexibility index (Phi) is 5.32. The number of fused-ring (bicyclic) bond motifs is 6. The molecule has 0 fully saturated rings. The molecule has 0 spiro atoms. The van der Waals surface area contributed by atoms with E-state index < -0.39 is 0 Å². The lowest BCUT2D eigenvalue weighted by Gasteiger charge is -2.16. The lowest BCUT2D eigenvalue weighted by molar-refractivity contribution is 0.871. The van der Waals surface area contributed by atoms with E-state index in [1.54, 1.807) is 0 Å². The van der Waals surface area contributed by atoms with Gasteiger partial charge in [0.05, 0.1) is 28.7 Å². The highest BCUT2D eigenvalue weighted by Gasteiger charge is 2.22. The molecular formula is C37H23N5. The lowest BCUT2D eigenvalue weighted by atomic mass is 9.96. The third kappa shape index (κ3) is 3.58. The summed E-state index contributed by atoms with van der Waals surface area (Å²) in [6.45, 7) is 0. The van der Waals surface area contributed by atoms with E-state index in [2.05, 4.69) is 100 Å². The van der Waals surface area contributed by atoms with Crippen molar-refractivity contribution in [2.45, 2.75) is 12.8 Å². The average molecular weight is 538 g/mol. The molecule has 0 saturated heterocycles. The van der Waals surface area contributed by atoms with Crippen molar-refractivity contribution in [3.63, 3.8) is 0 Å². The Bertz CT molecular complexity index is 2280. The van der Waals surface area contributed by atoms with Crippen molar-refractivity contribution < 1.29 is 0 Å². The molecule has 5 heteroatoms. The molecule has 0 N–H and O–H groups in total. The maximum Gasteiger partial charge on any atom is 0.145 e. The summed E-state index contributed by atoms with van der Waals surface area (Å²) in [6, 6.07) is 40.2. The van der Waals surface area contributed by atoms with Gasteiger partial charge in [-0.25, -0.2) is 4.98 Å². The van der Waals surface area contributed by atoms with Gasteiger partial charge in [0.1, 0.15) is 5.65 Å². The van der Waals surface area contributed by atoms with Gasteiger partial charge in [0.15, 0.2) is 0 Å². The summed E-state index contributed by atoms with van der Waals surface area (Å²) in [5, 5.41) is 22.5. The quantitative estimate of drug-likeness (QED) is 0.227. The summed E-state index contributed by atoms with van der Waals surface area (Å²) >= 11 is 0. The standard InChI is InChI=1S/C37H23N5/c38-22-24-13-15-35-32(18-24)33-19-25(23-39)14-16-36(33)41(35)28-8-3-6-26(20-28)27-7-4-9-29(21-27)42-34-12-2-1-10-30(34)31-11-5-17-40-37(31)42/h1-13,15,17-21H,14,16H2. The molecule has 0 aliphatic heterocycles. The van der Waals surface area contributed by atoms with Gasteiger partial charge in [0.25, 0.3) is 0 Å². The first-order chi connectivity index (χ1) is 20.7. The van der Waals surface area contributed by atoms with Crippen molar-refractivity contribution in [3.05, 3.63) is 132 Å². The van der Waals surface area contributed by atoms with Crippen LogP contribution in [-0.4, -0.2) is 14.1 Å². The second-order valence-corrected chi connectivity index (χ2v) is 10.6. The van der Waals surface area contributed by atoms with Crippen LogP contribution in [-0.2, 0) is 6.42 Å². The second kappa shape index (κ2) is 9.34. The number of rotatable bonds is 3. The van der Waals surface area contributed by atoms with Crippen LogP contribution in [0, 0.1) is 22.7 Å². The fourth-order valence-corrected chi connectivity index (χ4v) is 6.43. The first kappa shape index (κ1) is 23.9. The van der Waals surface area contributed by atoms with Crippen LogP contribution >= 0.6 is 0 Å². The van der Waals surface area contributed by atoms with Gasteiger partial charge >= 0.3 is 0 Å². The van der Waals surface area contributed by atoms with Crippen LogP contribution in [0.2, 0.25) is 0 Å². The van der Waals surface area contributed by atoms with Gasteiger partial charge in [-0.15, -0.1) is 0 Å². The van der Waals surface area contributed by atoms with Gasteiger partial charge in [-0.2, -0.15) is 10.5 Å². The Morgan fingerprint density at radius 1 is 0.619 bits per heavy atom. The minimum atomic E-state index is 0.616. The van der Waals surface area contributed by atoms with Crippen molar-refractivity contribution in [2.75, 3.05) is 0 Å². The fourth-order valence-electron chi connectivity index (χ4n) is 6.43. The predicted molar refractivity (Wildman–Crippen MR) is 167 cm³/mol. The Morgan fingerprint density at radius 3 is 2.14 bits per heavy atom. The van der Waals surface area contributed by atoms with Gasteiger partial charge in [-0.1, -0.05) is 42.5 Å². The van der Waals surface area contributed by atoms with Crippen molar-refractivity contribution in [3.8, 4) is 34.6 Å². The average Bonchev–Trinajstić information content (AvgIpc) is 3.57. The Hall–Kier alpha value is -5.91. The summed E-state index contributed by atoms with van der Waals surface area (Å²) < 4.78 is 4.53. The van der Waals surface area contributed by atoms with Crippen molar-refractivity contribution >= 4 is 38.9 Å². The highest BCUT2D eigenvalue weighted by molar-refractivity contribution is 6.07. The second-order valence-electron chi connectivity index (χ2n) is 10.6. The summed E-state index contributed by atoms with van der Waals surface area (Å²) in [5.74, 6) is 0. The molecule has 0 radical (unpaired) electrons. The van der Waals surface area contributed by atoms with Crippen LogP contribution in [0.15, 0.2) is 115 Å². The molecule has 0 saturated carbocycles. The number of nitrogens with zero attached hydrogens (tertiary/aromatic N) is 5. The van der Waals surface area contributed by atoms with E-state index in [0.717, 1.165) is 67.5 Å². The molecule has 1 aliphatic carbocycles. The molecule has 8 rings (SSSR count). The van der Waals surface area contributed by atoms with E-state index in [0.29, 0.717) is 12.0 Å². The van der Waals surface area contributed by atoms with Crippen molar-refractivity contribution in [1.82, 2.24) is 14.1 Å². The van der Waals surface area contributed by atoms with Crippen LogP contribution in [0.5, 0.6) is 0 Å². The van der Waals surface area contributed by atoms with E-state index in [-0.39, 0.29) is 0 Å². The van der Waals surface area contributed by atoms with E-state index >= 15 is 0 Å². The molecular weight excluding hydrogens is 514 g/mol. The third-order valence-corrected chi connectivity index (χ3v) is 8.31. The first-order valence-electron chi connectivity index (χ1n) is 14.0. The molecule has 1 aliphatic rings. The molecule has 42 heavy (non-hydrogen) atoms. The molecule has 5 nitrogen and oxygen atoms in total. The molecule has 4 aromatic carbocycles. The molecule has 0 unspecified atom stereocenters. The number of nitriles is 2. The summed E-state index contributed by atoms with van der Waals surface area (Å²) in [7, 11) is 0. The predicted octanol–water partition coefficient (Wildman–Crippen LogP) is 8.51. The molecule has 3 heterocycles. The van der Waals surface area contributed by atoms with Crippen LogP contribution in [0.1, 0.15) is 23.2 Å². The van der Waals surface area contributed by atoms with Gasteiger partial charge in [-0.05, 0) is 90.7 Å². The van der Waals surface area contributed by atoms with Crippen LogP contribution in [0.3, 0.4) is 0 Å². The number of hydrogen-bond acceptors (Lipinski definition) is 3. The molecule has 0 atom stereocenters. The smallest absolute Gasteiger partial charge is 0.145 e. The lowest BCUT2D eigenvalue weighted by Crippen LogP contribution is -2.05. The third-order valence-electron chi connectivity index (χ3n) is 8.31. The SMILES string of the molecule is N#CC1=Cc2c(n(-c3cccc(-c4cccc(-n5c6ccccc6c6cccnc65)c4)c3)c3ccc(C#N)cc23)CC1. The van der Waals surface area contributed by atoms with Gasteiger partial charge < -0.3 is 4.57 Å². The zero-order chi connectivity index (χ0) is 28.2. The summed E-state index contributed by atoms with van der Waals surface area (Å²) in [5.41, 5.74) is 11.0. The van der Waals surface area contributed by atoms with Crippen LogP contribution in [0.4, 0.5) is 0 Å². The van der Waals surface area contributed by atoms with E-state index in [4.69, 9.17) is 4.98 Å². The topological polar surface area (TPSA) is 70.3 Å². The minimum absolute atomic E-state index is 0.616. The highest BCUT2D eigenvalue weighted by atomic mass is 15.0. The van der Waals surface area contributed by atoms with Gasteiger partial charge in [-0.3, -0.25) is 4.57 Å². The van der Waals surface area contributed by atoms with Crippen LogP contribution in [0.25, 0.3) is 61.4 Å². The van der Waals surface area contributed by atoms with Crippen molar-refractivity contribution in [1.29, 1.82) is 10.5 Å². The molecule has 196 valence electrons. The zero-order valence-corrected chi connectivity index (χ0v) is 22.6. The number of hydrogen-bond donors (Lipinski definition) is 0. The minimum Gasteiger partial charge on any atom is -0.313 e. The normalized spacial score (nSPS) is 12.7. The number of aromatic nitrogens is 3. The van der Waals surface area contributed by atoms with E-state index in [1.165, 1.54) is 11.1 Å². The number of pyridine rings is 1. The maximum atomic E-state index is 9.60. The summed E-state index contributed by atoms with van der Waals surface area (Å²) in [6.07, 6.45) is 5.32. The zero-order valence-electron chi connectivity index (χ0n) is 22.6. The number of para-hydroxylation sites is 1. The first-order valence-corrected chi connectivity index (χ1v) is 14.0. The Labute approximate surface area is 242 Å². The Balaban J connectivity index is 1.30. The van der Waals surface area contributed by atoms with Crippen molar-refractivity contribution in [2.24, 2.45) is 0 Å². The van der Waals surface area contributed by atoms with Gasteiger partial charge in [0.2, 0.25) is 0 Å². The van der Waals surface area contributed by atoms with E-state index in [1.807, 2.05) is 36.5 Å². The monoisotopic (exact) mass is 537 g/mol. The molecule has 0 amide bonds. The highest BCUT2D eigenvalue weighted by Crippen LogP contribution is 2.37. The maximum absolute atomic E-state index is 9.60.